The number of aromatic nitrogens is 1. The molecule has 0 radical (unpaired) electrons. The quantitative estimate of drug-likeness (QED) is 0.288. The first-order valence-corrected chi connectivity index (χ1v) is 12.3. The zero-order chi connectivity index (χ0) is 29.8. The Balaban J connectivity index is 0.000000482. The highest BCUT2D eigenvalue weighted by Crippen LogP contribution is 2.43. The number of carboxylic acids is 3. The average Bonchev–Trinajstić information content (AvgIpc) is 3.20. The number of benzene rings is 2. The fourth-order valence-corrected chi connectivity index (χ4v) is 4.77. The highest BCUT2D eigenvalue weighted by atomic mass is 19.1. The van der Waals surface area contributed by atoms with Gasteiger partial charge in [-0.3, -0.25) is 4.90 Å². The summed E-state index contributed by atoms with van der Waals surface area (Å²) in [5.41, 5.74) is 0.829. The van der Waals surface area contributed by atoms with Crippen LogP contribution in [0.1, 0.15) is 49.2 Å². The van der Waals surface area contributed by atoms with E-state index in [1.54, 1.807) is 4.90 Å². The molecule has 40 heavy (non-hydrogen) atoms. The third-order valence-corrected chi connectivity index (χ3v) is 6.24. The molecule has 0 saturated heterocycles. The Labute approximate surface area is 228 Å². The number of fused-ring (bicyclic) bond motifs is 3. The summed E-state index contributed by atoms with van der Waals surface area (Å²) >= 11 is 0. The van der Waals surface area contributed by atoms with Crippen molar-refractivity contribution >= 4 is 34.9 Å². The summed E-state index contributed by atoms with van der Waals surface area (Å²) in [5.74, 6) is -5.34. The number of aromatic amines is 1. The molecule has 0 saturated carbocycles. The van der Waals surface area contributed by atoms with Gasteiger partial charge in [0.15, 0.2) is 0 Å². The molecule has 0 bridgehead atoms. The molecule has 11 heteroatoms. The molecule has 0 unspecified atom stereocenters. The number of halogens is 3. The van der Waals surface area contributed by atoms with Gasteiger partial charge in [-0.15, -0.1) is 0 Å². The summed E-state index contributed by atoms with van der Waals surface area (Å²) < 4.78 is 45.4. The summed E-state index contributed by atoms with van der Waals surface area (Å²) in [6.45, 7) is 4.82. The number of nitrogens with zero attached hydrogens (tertiary/aromatic N) is 1. The third kappa shape index (κ3) is 7.38. The maximum absolute atomic E-state index is 15.3. The average molecular weight is 559 g/mol. The van der Waals surface area contributed by atoms with Gasteiger partial charge in [0.25, 0.3) is 0 Å². The van der Waals surface area contributed by atoms with Crippen LogP contribution in [-0.2, 0) is 20.8 Å². The minimum absolute atomic E-state index is 0.00676. The van der Waals surface area contributed by atoms with Gasteiger partial charge in [-0.25, -0.2) is 27.6 Å². The van der Waals surface area contributed by atoms with E-state index in [9.17, 15) is 18.8 Å². The van der Waals surface area contributed by atoms with Gasteiger partial charge in [-0.1, -0.05) is 18.2 Å². The standard InChI is InChI=1S/C25H25F3N2O2.C4H4O4/c1-14-10-17-16-6-4-5-7-20(16)29-23(17)24(30(14)13-25(2,3)28)22-18(26)11-15(12-19(22)27)8-9-21(31)32;5-3(6)1-2-4(7)8/h4-9,11-12,14,24,29H,10,13H2,1-3H3,(H,31,32);1-2H,(H,5,6)(H,7,8)/t14-,24-;/m1./s1. The van der Waals surface area contributed by atoms with Gasteiger partial charge in [-0.05, 0) is 62.6 Å². The second kappa shape index (κ2) is 12.2. The van der Waals surface area contributed by atoms with Crippen molar-refractivity contribution in [2.24, 2.45) is 0 Å². The molecular weight excluding hydrogens is 529 g/mol. The van der Waals surface area contributed by atoms with E-state index in [4.69, 9.17) is 15.3 Å². The number of nitrogens with one attached hydrogen (secondary N) is 1. The van der Waals surface area contributed by atoms with Crippen LogP contribution >= 0.6 is 0 Å². The Kier molecular flexibility index (Phi) is 9.21. The normalized spacial score (nSPS) is 17.6. The maximum Gasteiger partial charge on any atom is 0.328 e. The van der Waals surface area contributed by atoms with E-state index in [1.165, 1.54) is 13.8 Å². The van der Waals surface area contributed by atoms with Crippen LogP contribution in [0.15, 0.2) is 54.6 Å². The minimum atomic E-state index is -1.58. The number of carboxylic acid groups (broad SMARTS) is 3. The summed E-state index contributed by atoms with van der Waals surface area (Å²) in [7, 11) is 0. The number of hydrogen-bond acceptors (Lipinski definition) is 4. The zero-order valence-electron chi connectivity index (χ0n) is 22.0. The van der Waals surface area contributed by atoms with Gasteiger partial charge >= 0.3 is 17.9 Å². The molecule has 2 heterocycles. The number of H-pyrrole nitrogens is 1. The molecule has 4 rings (SSSR count). The van der Waals surface area contributed by atoms with Crippen LogP contribution in [0.2, 0.25) is 0 Å². The van der Waals surface area contributed by atoms with Gasteiger partial charge in [0.2, 0.25) is 0 Å². The van der Waals surface area contributed by atoms with Crippen molar-refractivity contribution < 1.29 is 42.9 Å². The highest BCUT2D eigenvalue weighted by molar-refractivity contribution is 5.89. The molecule has 0 aliphatic carbocycles. The molecule has 1 aromatic heterocycles. The van der Waals surface area contributed by atoms with Gasteiger partial charge in [-0.2, -0.15) is 0 Å². The van der Waals surface area contributed by atoms with Gasteiger partial charge in [0.05, 0.1) is 6.04 Å². The van der Waals surface area contributed by atoms with Crippen LogP contribution in [-0.4, -0.2) is 61.4 Å². The number of rotatable bonds is 7. The Morgan fingerprint density at radius 1 is 1.00 bits per heavy atom. The molecule has 1 aliphatic rings. The molecule has 0 fully saturated rings. The third-order valence-electron chi connectivity index (χ3n) is 6.24. The molecule has 0 amide bonds. The fraction of sp³-hybridized carbons (Fsp3) is 0.276. The van der Waals surface area contributed by atoms with Crippen molar-refractivity contribution in [3.8, 4) is 0 Å². The maximum atomic E-state index is 15.3. The number of alkyl halides is 1. The molecule has 3 aromatic rings. The SMILES string of the molecule is C[C@@H]1Cc2c([nH]c3ccccc23)[C@@H](c2c(F)cc(C=CC(=O)O)cc2F)N1CC(C)(C)F.O=C(O)C=CC(=O)O. The largest absolute Gasteiger partial charge is 0.478 e. The van der Waals surface area contributed by atoms with Crippen LogP contribution < -0.4 is 0 Å². The van der Waals surface area contributed by atoms with E-state index in [0.717, 1.165) is 40.8 Å². The lowest BCUT2D eigenvalue weighted by Gasteiger charge is -2.43. The second-order valence-corrected chi connectivity index (χ2v) is 9.99. The Morgan fingerprint density at radius 2 is 1.55 bits per heavy atom. The van der Waals surface area contributed by atoms with Crippen molar-refractivity contribution in [2.75, 3.05) is 6.54 Å². The van der Waals surface area contributed by atoms with Gasteiger partial charge in [0.1, 0.15) is 17.3 Å². The van der Waals surface area contributed by atoms with Crippen molar-refractivity contribution in [3.05, 3.63) is 88.6 Å². The molecule has 1 aliphatic heterocycles. The van der Waals surface area contributed by atoms with Gasteiger partial charge in [0, 0.05) is 53.0 Å². The first kappa shape index (κ1) is 30.2. The van der Waals surface area contributed by atoms with E-state index in [0.29, 0.717) is 24.3 Å². The lowest BCUT2D eigenvalue weighted by molar-refractivity contribution is -0.134. The lowest BCUT2D eigenvalue weighted by atomic mass is 9.87. The van der Waals surface area contributed by atoms with Crippen LogP contribution in [0.3, 0.4) is 0 Å². The van der Waals surface area contributed by atoms with Crippen molar-refractivity contribution in [3.63, 3.8) is 0 Å². The van der Waals surface area contributed by atoms with Crippen LogP contribution in [0, 0.1) is 11.6 Å². The predicted octanol–water partition coefficient (Wildman–Crippen LogP) is 5.34. The smallest absolute Gasteiger partial charge is 0.328 e. The van der Waals surface area contributed by atoms with E-state index in [-0.39, 0.29) is 23.7 Å². The molecule has 212 valence electrons. The van der Waals surface area contributed by atoms with Crippen LogP contribution in [0.25, 0.3) is 17.0 Å². The fourth-order valence-electron chi connectivity index (χ4n) is 4.77. The van der Waals surface area contributed by atoms with E-state index in [1.807, 2.05) is 31.2 Å². The molecule has 4 N–H and O–H groups in total. The van der Waals surface area contributed by atoms with Crippen molar-refractivity contribution in [1.82, 2.24) is 9.88 Å². The second-order valence-electron chi connectivity index (χ2n) is 9.99. The summed E-state index contributed by atoms with van der Waals surface area (Å²) in [6.07, 6.45) is 3.70. The van der Waals surface area contributed by atoms with Crippen molar-refractivity contribution in [1.29, 1.82) is 0 Å². The van der Waals surface area contributed by atoms with E-state index < -0.39 is 41.3 Å². The zero-order valence-corrected chi connectivity index (χ0v) is 22.0. The molecule has 2 aromatic carbocycles. The summed E-state index contributed by atoms with van der Waals surface area (Å²) in [6, 6.07) is 8.88. The number of aliphatic carboxylic acids is 3. The van der Waals surface area contributed by atoms with Crippen molar-refractivity contribution in [2.45, 2.75) is 44.9 Å². The molecule has 0 spiro atoms. The number of hydrogen-bond donors (Lipinski definition) is 4. The van der Waals surface area contributed by atoms with Crippen LogP contribution in [0.4, 0.5) is 13.2 Å². The van der Waals surface area contributed by atoms with E-state index >= 15 is 8.78 Å². The topological polar surface area (TPSA) is 131 Å². The first-order valence-electron chi connectivity index (χ1n) is 12.3. The lowest BCUT2D eigenvalue weighted by Crippen LogP contribution is -2.48. The minimum Gasteiger partial charge on any atom is -0.478 e. The monoisotopic (exact) mass is 558 g/mol. The Morgan fingerprint density at radius 3 is 2.08 bits per heavy atom. The highest BCUT2D eigenvalue weighted by Gasteiger charge is 2.40. The summed E-state index contributed by atoms with van der Waals surface area (Å²) in [4.78, 5) is 35.0. The Bertz CT molecular complexity index is 1450. The number of para-hydroxylation sites is 1. The molecular formula is C29H29F3N2O6. The van der Waals surface area contributed by atoms with Gasteiger partial charge < -0.3 is 20.3 Å². The predicted molar refractivity (Wildman–Crippen MR) is 143 cm³/mol. The number of carbonyl (C=O) groups is 3. The van der Waals surface area contributed by atoms with E-state index in [2.05, 4.69) is 4.98 Å². The molecule has 2 atom stereocenters. The summed E-state index contributed by atoms with van der Waals surface area (Å²) in [5, 5.41) is 25.4. The molecule has 8 nitrogen and oxygen atoms in total. The van der Waals surface area contributed by atoms with Crippen LogP contribution in [0.5, 0.6) is 0 Å². The first-order chi connectivity index (χ1) is 18.7. The Hall–Kier alpha value is -4.38.